The van der Waals surface area contributed by atoms with Crippen molar-refractivity contribution in [2.24, 2.45) is 0 Å². The van der Waals surface area contributed by atoms with Crippen molar-refractivity contribution in [3.63, 3.8) is 0 Å². The van der Waals surface area contributed by atoms with Gasteiger partial charge in [-0.1, -0.05) is 13.0 Å². The lowest BCUT2D eigenvalue weighted by molar-refractivity contribution is -0.136. The number of hydrogen-bond acceptors (Lipinski definition) is 4. The first kappa shape index (κ1) is 15.5. The normalized spacial score (nSPS) is 13.4. The Morgan fingerprint density at radius 2 is 2.21 bits per heavy atom. The summed E-state index contributed by atoms with van der Waals surface area (Å²) in [6.45, 7) is 8.55. The molecule has 0 fully saturated rings. The van der Waals surface area contributed by atoms with E-state index in [1.54, 1.807) is 0 Å². The van der Waals surface area contributed by atoms with Gasteiger partial charge in [0.05, 0.1) is 7.11 Å². The number of furan rings is 1. The number of methoxy groups -OCH3 is 1. The van der Waals surface area contributed by atoms with Crippen LogP contribution in [-0.4, -0.2) is 19.6 Å². The molecule has 4 heteroatoms. The molecule has 1 aromatic heterocycles. The van der Waals surface area contributed by atoms with Gasteiger partial charge >= 0.3 is 5.97 Å². The minimum atomic E-state index is -0.257. The number of hydrogen-bond donors (Lipinski definition) is 1. The maximum atomic E-state index is 11.4. The molecule has 0 radical (unpaired) electrons. The van der Waals surface area contributed by atoms with Crippen LogP contribution in [0.25, 0.3) is 0 Å². The third-order valence-corrected chi connectivity index (χ3v) is 3.15. The van der Waals surface area contributed by atoms with E-state index in [2.05, 4.69) is 12.2 Å². The predicted octanol–water partition coefficient (Wildman–Crippen LogP) is 3.06. The van der Waals surface area contributed by atoms with Crippen LogP contribution in [0.4, 0.5) is 0 Å². The Hall–Kier alpha value is -1.55. The number of esters is 1. The highest BCUT2D eigenvalue weighted by molar-refractivity contribution is 5.88. The summed E-state index contributed by atoms with van der Waals surface area (Å²) in [5.74, 6) is 1.60. The molecule has 0 aliphatic heterocycles. The zero-order valence-electron chi connectivity index (χ0n) is 12.4. The highest BCUT2D eigenvalue weighted by Crippen LogP contribution is 2.20. The first-order valence-electron chi connectivity index (χ1n) is 6.57. The Balaban J connectivity index is 2.59. The SMILES string of the molecule is CC/C(=C/CNC(C)c1cc(C)oc1C)C(=O)OC. The van der Waals surface area contributed by atoms with Crippen molar-refractivity contribution in [3.8, 4) is 0 Å². The third kappa shape index (κ3) is 4.24. The zero-order valence-corrected chi connectivity index (χ0v) is 12.4. The Bertz CT molecular complexity index is 460. The lowest BCUT2D eigenvalue weighted by atomic mass is 10.1. The molecule has 4 nitrogen and oxygen atoms in total. The fraction of sp³-hybridized carbons (Fsp3) is 0.533. The summed E-state index contributed by atoms with van der Waals surface area (Å²) in [7, 11) is 1.40. The molecule has 0 amide bonds. The molecule has 1 unspecified atom stereocenters. The second-order valence-electron chi connectivity index (χ2n) is 4.57. The summed E-state index contributed by atoms with van der Waals surface area (Å²) in [4.78, 5) is 11.4. The van der Waals surface area contributed by atoms with Crippen molar-refractivity contribution < 1.29 is 13.9 Å². The average Bonchev–Trinajstić information content (AvgIpc) is 2.72. The molecule has 1 atom stereocenters. The molecule has 0 aliphatic rings. The summed E-state index contributed by atoms with van der Waals surface area (Å²) in [5.41, 5.74) is 1.85. The van der Waals surface area contributed by atoms with Crippen LogP contribution in [0.1, 0.15) is 43.4 Å². The summed E-state index contributed by atoms with van der Waals surface area (Å²) < 4.78 is 10.2. The van der Waals surface area contributed by atoms with Crippen LogP contribution in [0.2, 0.25) is 0 Å². The Labute approximate surface area is 114 Å². The Morgan fingerprint density at radius 1 is 1.53 bits per heavy atom. The first-order valence-corrected chi connectivity index (χ1v) is 6.57. The number of nitrogens with one attached hydrogen (secondary N) is 1. The summed E-state index contributed by atoms with van der Waals surface area (Å²) in [6.07, 6.45) is 2.55. The van der Waals surface area contributed by atoms with E-state index in [-0.39, 0.29) is 12.0 Å². The van der Waals surface area contributed by atoms with E-state index < -0.39 is 0 Å². The highest BCUT2D eigenvalue weighted by Gasteiger charge is 2.12. The molecule has 0 saturated heterocycles. The van der Waals surface area contributed by atoms with Crippen LogP contribution < -0.4 is 5.32 Å². The molecule has 19 heavy (non-hydrogen) atoms. The predicted molar refractivity (Wildman–Crippen MR) is 75.0 cm³/mol. The van der Waals surface area contributed by atoms with E-state index >= 15 is 0 Å². The number of ether oxygens (including phenoxy) is 1. The maximum Gasteiger partial charge on any atom is 0.333 e. The molecule has 0 saturated carbocycles. The topological polar surface area (TPSA) is 51.5 Å². The third-order valence-electron chi connectivity index (χ3n) is 3.15. The number of aryl methyl sites for hydroxylation is 2. The molecule has 1 N–H and O–H groups in total. The molecule has 0 bridgehead atoms. The van der Waals surface area contributed by atoms with Gasteiger partial charge in [0.2, 0.25) is 0 Å². The highest BCUT2D eigenvalue weighted by atomic mass is 16.5. The standard InChI is InChI=1S/C15H23NO3/c1-6-13(15(17)18-5)7-8-16-11(3)14-9-10(2)19-12(14)4/h7,9,11,16H,6,8H2,1-5H3/b13-7-. The van der Waals surface area contributed by atoms with E-state index in [0.717, 1.165) is 17.1 Å². The van der Waals surface area contributed by atoms with Crippen LogP contribution in [0.15, 0.2) is 22.1 Å². The van der Waals surface area contributed by atoms with Crippen LogP contribution in [0.5, 0.6) is 0 Å². The van der Waals surface area contributed by atoms with Crippen LogP contribution in [-0.2, 0) is 9.53 Å². The average molecular weight is 265 g/mol. The van der Waals surface area contributed by atoms with Gasteiger partial charge in [0.15, 0.2) is 0 Å². The largest absolute Gasteiger partial charge is 0.466 e. The molecule has 0 spiro atoms. The van der Waals surface area contributed by atoms with Gasteiger partial charge in [-0.2, -0.15) is 0 Å². The summed E-state index contributed by atoms with van der Waals surface area (Å²) in [6, 6.07) is 2.22. The smallest absolute Gasteiger partial charge is 0.333 e. The quantitative estimate of drug-likeness (QED) is 0.634. The minimum absolute atomic E-state index is 0.185. The van der Waals surface area contributed by atoms with Gasteiger partial charge in [0.1, 0.15) is 11.5 Å². The summed E-state index contributed by atoms with van der Waals surface area (Å²) >= 11 is 0. The van der Waals surface area contributed by atoms with Crippen LogP contribution in [0.3, 0.4) is 0 Å². The molecular formula is C15H23NO3. The van der Waals surface area contributed by atoms with Crippen molar-refractivity contribution in [2.45, 2.75) is 40.2 Å². The van der Waals surface area contributed by atoms with Gasteiger partial charge in [0, 0.05) is 23.7 Å². The summed E-state index contributed by atoms with van der Waals surface area (Å²) in [5, 5.41) is 3.35. The molecule has 1 rings (SSSR count). The second kappa shape index (κ2) is 7.14. The maximum absolute atomic E-state index is 11.4. The molecule has 1 heterocycles. The second-order valence-corrected chi connectivity index (χ2v) is 4.57. The molecule has 0 aromatic carbocycles. The van der Waals surface area contributed by atoms with Crippen molar-refractivity contribution in [1.82, 2.24) is 5.32 Å². The van der Waals surface area contributed by atoms with Gasteiger partial charge in [-0.3, -0.25) is 0 Å². The fourth-order valence-electron chi connectivity index (χ4n) is 2.05. The lowest BCUT2D eigenvalue weighted by Gasteiger charge is -2.12. The lowest BCUT2D eigenvalue weighted by Crippen LogP contribution is -2.19. The number of rotatable bonds is 6. The van der Waals surface area contributed by atoms with Gasteiger partial charge in [0.25, 0.3) is 0 Å². The van der Waals surface area contributed by atoms with E-state index in [4.69, 9.17) is 9.15 Å². The molecule has 0 aliphatic carbocycles. The van der Waals surface area contributed by atoms with E-state index in [1.807, 2.05) is 32.9 Å². The Kier molecular flexibility index (Phi) is 5.83. The van der Waals surface area contributed by atoms with Gasteiger partial charge in [-0.25, -0.2) is 4.79 Å². The van der Waals surface area contributed by atoms with Crippen LogP contribution in [0, 0.1) is 13.8 Å². The first-order chi connectivity index (χ1) is 8.99. The van der Waals surface area contributed by atoms with Crippen molar-refractivity contribution >= 4 is 5.97 Å². The molecule has 106 valence electrons. The number of carbonyl (C=O) groups is 1. The molecule has 1 aromatic rings. The van der Waals surface area contributed by atoms with Crippen molar-refractivity contribution in [3.05, 3.63) is 34.8 Å². The fourth-order valence-corrected chi connectivity index (χ4v) is 2.05. The van der Waals surface area contributed by atoms with E-state index in [1.165, 1.54) is 7.11 Å². The number of carbonyl (C=O) groups excluding carboxylic acids is 1. The van der Waals surface area contributed by atoms with Gasteiger partial charge in [-0.05, 0) is 33.3 Å². The van der Waals surface area contributed by atoms with Gasteiger partial charge in [-0.15, -0.1) is 0 Å². The van der Waals surface area contributed by atoms with Crippen molar-refractivity contribution in [2.75, 3.05) is 13.7 Å². The zero-order chi connectivity index (χ0) is 14.4. The monoisotopic (exact) mass is 265 g/mol. The van der Waals surface area contributed by atoms with E-state index in [9.17, 15) is 4.79 Å². The van der Waals surface area contributed by atoms with Gasteiger partial charge < -0.3 is 14.5 Å². The minimum Gasteiger partial charge on any atom is -0.466 e. The van der Waals surface area contributed by atoms with Crippen LogP contribution >= 0.6 is 0 Å². The molecular weight excluding hydrogens is 242 g/mol. The van der Waals surface area contributed by atoms with Crippen molar-refractivity contribution in [1.29, 1.82) is 0 Å². The Morgan fingerprint density at radius 3 is 2.68 bits per heavy atom. The van der Waals surface area contributed by atoms with E-state index in [0.29, 0.717) is 18.5 Å².